The SMILES string of the molecule is C[C@]12CC[C@H](O)C[C@@H]1CC[C@]1(C#N)[C@@H]2CC[C@]2(C)C(=O)CC[C@@H]12. The number of ketones is 1. The lowest BCUT2D eigenvalue weighted by Gasteiger charge is -2.63. The third-order valence-electron chi connectivity index (χ3n) is 8.68. The zero-order chi connectivity index (χ0) is 16.5. The summed E-state index contributed by atoms with van der Waals surface area (Å²) in [5.74, 6) is 1.63. The largest absolute Gasteiger partial charge is 0.393 e. The Morgan fingerprint density at radius 2 is 1.87 bits per heavy atom. The molecule has 0 radical (unpaired) electrons. The average molecular weight is 315 g/mol. The van der Waals surface area contributed by atoms with Crippen LogP contribution in [0.5, 0.6) is 0 Å². The van der Waals surface area contributed by atoms with E-state index in [9.17, 15) is 15.2 Å². The van der Waals surface area contributed by atoms with Crippen molar-refractivity contribution in [2.75, 3.05) is 0 Å². The van der Waals surface area contributed by atoms with Crippen LogP contribution in [0.1, 0.15) is 71.6 Å². The van der Waals surface area contributed by atoms with Crippen LogP contribution in [0, 0.1) is 45.3 Å². The van der Waals surface area contributed by atoms with Crippen molar-refractivity contribution < 1.29 is 9.90 Å². The second-order valence-electron chi connectivity index (χ2n) is 9.34. The third-order valence-corrected chi connectivity index (χ3v) is 8.68. The number of aliphatic hydroxyl groups excluding tert-OH is 1. The van der Waals surface area contributed by atoms with Gasteiger partial charge in [0.1, 0.15) is 5.78 Å². The average Bonchev–Trinajstić information content (AvgIpc) is 2.84. The number of Topliss-reactive ketones (excluding diaryl/α,β-unsaturated/α-hetero) is 1. The lowest BCUT2D eigenvalue weighted by Crippen LogP contribution is -2.59. The Labute approximate surface area is 139 Å². The smallest absolute Gasteiger partial charge is 0.139 e. The van der Waals surface area contributed by atoms with E-state index < -0.39 is 0 Å². The topological polar surface area (TPSA) is 61.1 Å². The molecule has 0 amide bonds. The fraction of sp³-hybridized carbons (Fsp3) is 0.900. The van der Waals surface area contributed by atoms with E-state index in [-0.39, 0.29) is 28.3 Å². The van der Waals surface area contributed by atoms with E-state index in [1.54, 1.807) is 0 Å². The molecule has 4 aliphatic carbocycles. The van der Waals surface area contributed by atoms with Gasteiger partial charge in [-0.05, 0) is 74.5 Å². The number of nitrogens with zero attached hydrogens (tertiary/aromatic N) is 1. The molecule has 0 aromatic carbocycles. The summed E-state index contributed by atoms with van der Waals surface area (Å²) in [5.41, 5.74) is -0.365. The molecule has 126 valence electrons. The van der Waals surface area contributed by atoms with Crippen molar-refractivity contribution in [2.45, 2.75) is 77.7 Å². The van der Waals surface area contributed by atoms with E-state index in [1.807, 2.05) is 0 Å². The van der Waals surface area contributed by atoms with Gasteiger partial charge < -0.3 is 5.11 Å². The van der Waals surface area contributed by atoms with E-state index in [0.29, 0.717) is 24.0 Å². The molecule has 0 heterocycles. The van der Waals surface area contributed by atoms with Gasteiger partial charge in [0.15, 0.2) is 0 Å². The van der Waals surface area contributed by atoms with Gasteiger partial charge in [-0.3, -0.25) is 4.79 Å². The molecule has 0 saturated heterocycles. The molecule has 4 aliphatic rings. The molecule has 0 aliphatic heterocycles. The van der Waals surface area contributed by atoms with Crippen LogP contribution in [0.4, 0.5) is 0 Å². The second-order valence-corrected chi connectivity index (χ2v) is 9.34. The van der Waals surface area contributed by atoms with Crippen molar-refractivity contribution in [1.29, 1.82) is 5.26 Å². The van der Waals surface area contributed by atoms with Gasteiger partial charge in [0.25, 0.3) is 0 Å². The summed E-state index contributed by atoms with van der Waals surface area (Å²) in [6.07, 6.45) is 8.27. The van der Waals surface area contributed by atoms with Crippen molar-refractivity contribution in [1.82, 2.24) is 0 Å². The summed E-state index contributed by atoms with van der Waals surface area (Å²) in [6, 6.07) is 2.79. The zero-order valence-electron chi connectivity index (χ0n) is 14.5. The second kappa shape index (κ2) is 4.82. The molecule has 4 rings (SSSR count). The Bertz CT molecular complexity index is 581. The maximum Gasteiger partial charge on any atom is 0.139 e. The monoisotopic (exact) mass is 315 g/mol. The molecule has 0 bridgehead atoms. The molecule has 0 spiro atoms. The summed E-state index contributed by atoms with van der Waals surface area (Å²) >= 11 is 0. The summed E-state index contributed by atoms with van der Waals surface area (Å²) in [4.78, 5) is 12.5. The highest BCUT2D eigenvalue weighted by Crippen LogP contribution is 2.70. The summed E-state index contributed by atoms with van der Waals surface area (Å²) < 4.78 is 0. The van der Waals surface area contributed by atoms with Crippen LogP contribution in [0.25, 0.3) is 0 Å². The molecule has 1 N–H and O–H groups in total. The normalized spacial score (nSPS) is 55.5. The quantitative estimate of drug-likeness (QED) is 0.738. The van der Waals surface area contributed by atoms with Gasteiger partial charge in [-0.1, -0.05) is 13.8 Å². The predicted molar refractivity (Wildman–Crippen MR) is 87.3 cm³/mol. The molecule has 0 aromatic heterocycles. The minimum Gasteiger partial charge on any atom is -0.393 e. The van der Waals surface area contributed by atoms with Gasteiger partial charge >= 0.3 is 0 Å². The summed E-state index contributed by atoms with van der Waals surface area (Å²) in [6.45, 7) is 4.53. The Morgan fingerprint density at radius 3 is 2.61 bits per heavy atom. The Balaban J connectivity index is 1.76. The lowest BCUT2D eigenvalue weighted by atomic mass is 9.39. The number of hydrogen-bond donors (Lipinski definition) is 1. The number of rotatable bonds is 0. The van der Waals surface area contributed by atoms with Gasteiger partial charge in [-0.2, -0.15) is 5.26 Å². The molecular formula is C20H29NO2. The molecule has 23 heavy (non-hydrogen) atoms. The van der Waals surface area contributed by atoms with Crippen LogP contribution in [-0.4, -0.2) is 17.0 Å². The van der Waals surface area contributed by atoms with Crippen molar-refractivity contribution in [2.24, 2.45) is 34.0 Å². The summed E-state index contributed by atoms with van der Waals surface area (Å²) in [7, 11) is 0. The van der Waals surface area contributed by atoms with Crippen LogP contribution in [-0.2, 0) is 4.79 Å². The maximum atomic E-state index is 12.5. The molecular weight excluding hydrogens is 286 g/mol. The first kappa shape index (κ1) is 15.6. The van der Waals surface area contributed by atoms with E-state index in [0.717, 1.165) is 51.4 Å². The van der Waals surface area contributed by atoms with Crippen LogP contribution in [0.15, 0.2) is 0 Å². The first-order valence-electron chi connectivity index (χ1n) is 9.49. The van der Waals surface area contributed by atoms with Gasteiger partial charge in [-0.25, -0.2) is 0 Å². The van der Waals surface area contributed by atoms with Crippen molar-refractivity contribution >= 4 is 5.78 Å². The Hall–Kier alpha value is -0.880. The number of hydrogen-bond acceptors (Lipinski definition) is 3. The van der Waals surface area contributed by atoms with E-state index in [1.165, 1.54) is 0 Å². The van der Waals surface area contributed by atoms with Crippen LogP contribution in [0.3, 0.4) is 0 Å². The van der Waals surface area contributed by atoms with E-state index >= 15 is 0 Å². The molecule has 4 fully saturated rings. The van der Waals surface area contributed by atoms with Crippen LogP contribution >= 0.6 is 0 Å². The standard InChI is InChI=1S/C20H29NO2/c1-18-8-6-14(22)11-13(18)5-10-20(12-21)15-3-4-17(23)19(15,2)9-7-16(18)20/h13-16,22H,3-11H2,1-2H3/t13-,14-,15+,16+,18-,19-,20+/m0/s1. The van der Waals surface area contributed by atoms with Gasteiger partial charge in [0.2, 0.25) is 0 Å². The van der Waals surface area contributed by atoms with Crippen LogP contribution in [0.2, 0.25) is 0 Å². The van der Waals surface area contributed by atoms with Gasteiger partial charge in [-0.15, -0.1) is 0 Å². The molecule has 3 nitrogen and oxygen atoms in total. The molecule has 7 atom stereocenters. The molecule has 3 heteroatoms. The number of fused-ring (bicyclic) bond motifs is 5. The summed E-state index contributed by atoms with van der Waals surface area (Å²) in [5, 5.41) is 20.4. The molecule has 0 aromatic rings. The maximum absolute atomic E-state index is 12.5. The van der Waals surface area contributed by atoms with E-state index in [2.05, 4.69) is 19.9 Å². The number of aliphatic hydroxyl groups is 1. The molecule has 0 unspecified atom stereocenters. The van der Waals surface area contributed by atoms with Crippen molar-refractivity contribution in [3.8, 4) is 6.07 Å². The fourth-order valence-electron chi connectivity index (χ4n) is 7.35. The Kier molecular flexibility index (Phi) is 3.28. The first-order chi connectivity index (χ1) is 10.9. The van der Waals surface area contributed by atoms with Crippen molar-refractivity contribution in [3.63, 3.8) is 0 Å². The number of carbonyl (C=O) groups excluding carboxylic acids is 1. The Morgan fingerprint density at radius 1 is 1.09 bits per heavy atom. The fourth-order valence-corrected chi connectivity index (χ4v) is 7.35. The lowest BCUT2D eigenvalue weighted by molar-refractivity contribution is -0.159. The van der Waals surface area contributed by atoms with E-state index in [4.69, 9.17) is 0 Å². The minimum absolute atomic E-state index is 0.149. The highest BCUT2D eigenvalue weighted by Gasteiger charge is 2.67. The zero-order valence-corrected chi connectivity index (χ0v) is 14.5. The first-order valence-corrected chi connectivity index (χ1v) is 9.49. The predicted octanol–water partition coefficient (Wildman–Crippen LogP) is 3.85. The molecule has 4 saturated carbocycles. The van der Waals surface area contributed by atoms with Gasteiger partial charge in [0, 0.05) is 11.8 Å². The highest BCUT2D eigenvalue weighted by molar-refractivity contribution is 5.87. The highest BCUT2D eigenvalue weighted by atomic mass is 16.3. The number of carbonyl (C=O) groups is 1. The third kappa shape index (κ3) is 1.82. The minimum atomic E-state index is -0.299. The van der Waals surface area contributed by atoms with Crippen molar-refractivity contribution in [3.05, 3.63) is 0 Å². The van der Waals surface area contributed by atoms with Crippen LogP contribution < -0.4 is 0 Å². The van der Waals surface area contributed by atoms with Gasteiger partial charge in [0.05, 0.1) is 17.6 Å². The number of nitriles is 1.